The highest BCUT2D eigenvalue weighted by atomic mass is 79.9. The molecule has 1 radical (unpaired) electrons. The Hall–Kier alpha value is 0.960. The van der Waals surface area contributed by atoms with Crippen molar-refractivity contribution in [1.82, 2.24) is 0 Å². The molecule has 0 aromatic heterocycles. The quantitative estimate of drug-likeness (QED) is 0.638. The lowest BCUT2D eigenvalue weighted by molar-refractivity contribution is 0.739. The Kier molecular flexibility index (Phi) is 4.44. The van der Waals surface area contributed by atoms with Gasteiger partial charge in [0, 0.05) is 10.2 Å². The molecule has 0 nitrogen and oxygen atoms in total. The van der Waals surface area contributed by atoms with Crippen molar-refractivity contribution in [2.75, 3.05) is 5.33 Å². The van der Waals surface area contributed by atoms with Gasteiger partial charge in [-0.2, -0.15) is 0 Å². The van der Waals surface area contributed by atoms with E-state index in [1.165, 1.54) is 0 Å². The lowest BCUT2D eigenvalue weighted by Gasteiger charge is -2.07. The van der Waals surface area contributed by atoms with E-state index in [1.807, 2.05) is 0 Å². The topological polar surface area (TPSA) is 0 Å². The molecule has 0 aliphatic carbocycles. The maximum atomic E-state index is 3.86. The minimum Gasteiger partial charge on any atom is -0.0925 e. The van der Waals surface area contributed by atoms with Crippen LogP contribution in [0.15, 0.2) is 0 Å². The zero-order valence-corrected chi connectivity index (χ0v) is 7.50. The third-order valence-electron chi connectivity index (χ3n) is 0.848. The van der Waals surface area contributed by atoms with Crippen LogP contribution in [0.4, 0.5) is 0 Å². The molecule has 0 spiro atoms. The minimum absolute atomic E-state index is 0.486. The predicted molar refractivity (Wildman–Crippen MR) is 41.0 cm³/mol. The minimum atomic E-state index is 0.486. The molecule has 2 heteroatoms. The molecule has 0 amide bonds. The summed E-state index contributed by atoms with van der Waals surface area (Å²) < 4.78 is 0. The second-order valence-corrected chi connectivity index (χ2v) is 3.68. The Morgan fingerprint density at radius 3 is 2.14 bits per heavy atom. The van der Waals surface area contributed by atoms with E-state index in [9.17, 15) is 0 Å². The number of halogens is 2. The van der Waals surface area contributed by atoms with Crippen LogP contribution < -0.4 is 0 Å². The van der Waals surface area contributed by atoms with Crippen LogP contribution in [0.2, 0.25) is 0 Å². The first kappa shape index (κ1) is 7.96. The highest BCUT2D eigenvalue weighted by Crippen LogP contribution is 2.12. The summed E-state index contributed by atoms with van der Waals surface area (Å²) in [6.45, 7) is 5.96. The fraction of sp³-hybridized carbons (Fsp3) is 0.800. The van der Waals surface area contributed by atoms with Crippen LogP contribution >= 0.6 is 31.9 Å². The number of hydrogen-bond donors (Lipinski definition) is 0. The summed E-state index contributed by atoms with van der Waals surface area (Å²) >= 11 is 6.73. The normalized spacial score (nSPS) is 18.9. The van der Waals surface area contributed by atoms with E-state index in [-0.39, 0.29) is 0 Å². The van der Waals surface area contributed by atoms with Crippen molar-refractivity contribution < 1.29 is 0 Å². The van der Waals surface area contributed by atoms with Gasteiger partial charge in [0.2, 0.25) is 0 Å². The molecular weight excluding hydrogens is 220 g/mol. The highest BCUT2D eigenvalue weighted by molar-refractivity contribution is 9.10. The molecule has 0 aliphatic rings. The van der Waals surface area contributed by atoms with Gasteiger partial charge in [-0.05, 0) is 12.8 Å². The second kappa shape index (κ2) is 3.90. The summed E-state index contributed by atoms with van der Waals surface area (Å²) in [5.41, 5.74) is 0. The van der Waals surface area contributed by atoms with Crippen molar-refractivity contribution in [2.45, 2.75) is 11.8 Å². The average Bonchev–Trinajstić information content (AvgIpc) is 1.65. The molecule has 0 rings (SSSR count). The average molecular weight is 229 g/mol. The van der Waals surface area contributed by atoms with Crippen LogP contribution in [-0.4, -0.2) is 10.2 Å². The zero-order valence-electron chi connectivity index (χ0n) is 4.32. The van der Waals surface area contributed by atoms with E-state index in [0.717, 1.165) is 5.33 Å². The Morgan fingerprint density at radius 1 is 1.71 bits per heavy atom. The Bertz CT molecular complexity index is 43.3. The molecule has 0 saturated carbocycles. The van der Waals surface area contributed by atoms with E-state index in [2.05, 4.69) is 45.7 Å². The first-order valence-corrected chi connectivity index (χ1v) is 4.25. The van der Waals surface area contributed by atoms with Gasteiger partial charge in [-0.15, -0.1) is 0 Å². The molecule has 2 unspecified atom stereocenters. The summed E-state index contributed by atoms with van der Waals surface area (Å²) in [7, 11) is 0. The van der Waals surface area contributed by atoms with E-state index in [4.69, 9.17) is 0 Å². The van der Waals surface area contributed by atoms with Crippen LogP contribution in [0.25, 0.3) is 0 Å². The Balaban J connectivity index is 3.14. The van der Waals surface area contributed by atoms with Crippen LogP contribution in [0.1, 0.15) is 6.92 Å². The molecule has 7 heavy (non-hydrogen) atoms. The van der Waals surface area contributed by atoms with Gasteiger partial charge in [0.1, 0.15) is 0 Å². The number of hydrogen-bond acceptors (Lipinski definition) is 0. The first-order chi connectivity index (χ1) is 3.18. The fourth-order valence-corrected chi connectivity index (χ4v) is 1.37. The maximum Gasteiger partial charge on any atom is 0.0153 e. The molecule has 0 fully saturated rings. The van der Waals surface area contributed by atoms with Gasteiger partial charge < -0.3 is 0 Å². The molecule has 0 heterocycles. The second-order valence-electron chi connectivity index (χ2n) is 1.59. The molecule has 2 atom stereocenters. The van der Waals surface area contributed by atoms with Crippen molar-refractivity contribution in [3.05, 3.63) is 6.92 Å². The van der Waals surface area contributed by atoms with Crippen molar-refractivity contribution >= 4 is 31.9 Å². The predicted octanol–water partition coefficient (Wildman–Crippen LogP) is 2.61. The fourth-order valence-electron chi connectivity index (χ4n) is 0.123. The number of alkyl halides is 2. The van der Waals surface area contributed by atoms with Gasteiger partial charge in [-0.25, -0.2) is 0 Å². The summed E-state index contributed by atoms with van der Waals surface area (Å²) in [5, 5.41) is 0.972. The van der Waals surface area contributed by atoms with Gasteiger partial charge in [-0.1, -0.05) is 38.8 Å². The highest BCUT2D eigenvalue weighted by Gasteiger charge is 2.04. The van der Waals surface area contributed by atoms with Gasteiger partial charge >= 0.3 is 0 Å². The lowest BCUT2D eigenvalue weighted by Crippen LogP contribution is -2.06. The van der Waals surface area contributed by atoms with Gasteiger partial charge in [0.15, 0.2) is 0 Å². The van der Waals surface area contributed by atoms with Gasteiger partial charge in [0.05, 0.1) is 0 Å². The molecular formula is C5H9Br2. The molecule has 0 aromatic rings. The van der Waals surface area contributed by atoms with Crippen molar-refractivity contribution in [1.29, 1.82) is 0 Å². The monoisotopic (exact) mass is 227 g/mol. The SMILES string of the molecule is [CH2]C(CBr)C(C)Br. The first-order valence-electron chi connectivity index (χ1n) is 2.21. The van der Waals surface area contributed by atoms with Crippen molar-refractivity contribution in [3.63, 3.8) is 0 Å². The molecule has 43 valence electrons. The van der Waals surface area contributed by atoms with Crippen LogP contribution in [0.3, 0.4) is 0 Å². The summed E-state index contributed by atoms with van der Waals surface area (Å²) in [4.78, 5) is 0.520. The molecule has 0 bridgehead atoms. The smallest absolute Gasteiger partial charge is 0.0153 e. The molecule has 0 aromatic carbocycles. The van der Waals surface area contributed by atoms with Crippen LogP contribution in [0, 0.1) is 12.8 Å². The largest absolute Gasteiger partial charge is 0.0925 e. The summed E-state index contributed by atoms with van der Waals surface area (Å²) in [5.74, 6) is 0.486. The maximum absolute atomic E-state index is 3.86. The molecule has 0 N–H and O–H groups in total. The van der Waals surface area contributed by atoms with E-state index in [1.54, 1.807) is 0 Å². The van der Waals surface area contributed by atoms with E-state index < -0.39 is 0 Å². The zero-order chi connectivity index (χ0) is 5.86. The lowest BCUT2D eigenvalue weighted by atomic mass is 10.2. The Labute approximate surface area is 61.9 Å². The van der Waals surface area contributed by atoms with Crippen molar-refractivity contribution in [3.8, 4) is 0 Å². The van der Waals surface area contributed by atoms with E-state index >= 15 is 0 Å². The third-order valence-corrected chi connectivity index (χ3v) is 2.43. The van der Waals surface area contributed by atoms with Crippen LogP contribution in [-0.2, 0) is 0 Å². The standard InChI is InChI=1S/C5H9Br2/c1-4(3-6)5(2)7/h4-5H,1,3H2,2H3. The van der Waals surface area contributed by atoms with Crippen molar-refractivity contribution in [2.24, 2.45) is 5.92 Å². The number of rotatable bonds is 2. The van der Waals surface area contributed by atoms with E-state index in [0.29, 0.717) is 10.7 Å². The summed E-state index contributed by atoms with van der Waals surface area (Å²) in [6.07, 6.45) is 0. The molecule has 0 saturated heterocycles. The van der Waals surface area contributed by atoms with Gasteiger partial charge in [-0.3, -0.25) is 0 Å². The van der Waals surface area contributed by atoms with Gasteiger partial charge in [0.25, 0.3) is 0 Å². The summed E-state index contributed by atoms with van der Waals surface area (Å²) in [6, 6.07) is 0. The third kappa shape index (κ3) is 3.53. The molecule has 0 aliphatic heterocycles. The Morgan fingerprint density at radius 2 is 2.14 bits per heavy atom. The van der Waals surface area contributed by atoms with Crippen LogP contribution in [0.5, 0.6) is 0 Å².